The van der Waals surface area contributed by atoms with Gasteiger partial charge in [-0.15, -0.1) is 17.9 Å². The van der Waals surface area contributed by atoms with Crippen LogP contribution in [0.25, 0.3) is 11.5 Å². The van der Waals surface area contributed by atoms with Gasteiger partial charge in [0.15, 0.2) is 17.3 Å². The number of hydrogen-bond acceptors (Lipinski definition) is 6. The number of phenols is 1. The van der Waals surface area contributed by atoms with Gasteiger partial charge in [0.25, 0.3) is 0 Å². The summed E-state index contributed by atoms with van der Waals surface area (Å²) in [7, 11) is 1.50. The van der Waals surface area contributed by atoms with Gasteiger partial charge < -0.3 is 14.3 Å². The van der Waals surface area contributed by atoms with E-state index in [2.05, 4.69) is 32.6 Å². The Kier molecular flexibility index (Phi) is 5.75. The van der Waals surface area contributed by atoms with Gasteiger partial charge in [-0.2, -0.15) is 5.10 Å². The van der Waals surface area contributed by atoms with E-state index in [0.29, 0.717) is 22.5 Å². The normalized spacial score (nSPS) is 12.0. The van der Waals surface area contributed by atoms with E-state index in [4.69, 9.17) is 9.15 Å². The van der Waals surface area contributed by atoms with Gasteiger partial charge in [-0.05, 0) is 45.8 Å². The highest BCUT2D eigenvalue weighted by molar-refractivity contribution is 9.10. The van der Waals surface area contributed by atoms with Gasteiger partial charge in [-0.25, -0.2) is 4.68 Å². The molecule has 0 bridgehead atoms. The number of hydrogen-bond donors (Lipinski definition) is 1. The molecule has 6 nitrogen and oxygen atoms in total. The quantitative estimate of drug-likeness (QED) is 0.466. The third-order valence-corrected chi connectivity index (χ3v) is 4.87. The molecule has 2 heterocycles. The second-order valence-electron chi connectivity index (χ2n) is 5.12. The minimum Gasteiger partial charge on any atom is -0.503 e. The van der Waals surface area contributed by atoms with Crippen LogP contribution in [0.3, 0.4) is 0 Å². The number of furan rings is 1. The molecule has 8 heteroatoms. The highest BCUT2D eigenvalue weighted by Crippen LogP contribution is 2.34. The lowest BCUT2D eigenvalue weighted by atomic mass is 10.2. The first-order valence-corrected chi connectivity index (χ1v) is 9.28. The number of aromatic nitrogens is 1. The molecular weight excluding hydrogens is 418 g/mol. The number of benzene rings is 1. The van der Waals surface area contributed by atoms with Crippen molar-refractivity contribution in [2.75, 3.05) is 13.7 Å². The van der Waals surface area contributed by atoms with Gasteiger partial charge >= 0.3 is 0 Å². The molecule has 0 saturated carbocycles. The Hall–Kier alpha value is -2.58. The van der Waals surface area contributed by atoms with Crippen LogP contribution in [0.4, 0.5) is 0 Å². The van der Waals surface area contributed by atoms with Crippen LogP contribution in [0.15, 0.2) is 67.5 Å². The highest BCUT2D eigenvalue weighted by atomic mass is 79.9. The molecule has 0 unspecified atom stereocenters. The lowest BCUT2D eigenvalue weighted by molar-refractivity contribution is 0.372. The Labute approximate surface area is 162 Å². The van der Waals surface area contributed by atoms with Gasteiger partial charge in [0.1, 0.15) is 5.69 Å². The first kappa shape index (κ1) is 18.2. The second-order valence-corrected chi connectivity index (χ2v) is 6.81. The fourth-order valence-corrected chi connectivity index (χ4v) is 3.49. The monoisotopic (exact) mass is 433 g/mol. The van der Waals surface area contributed by atoms with Crippen LogP contribution >= 0.6 is 27.3 Å². The minimum absolute atomic E-state index is 0.0470. The van der Waals surface area contributed by atoms with Crippen molar-refractivity contribution >= 4 is 33.5 Å². The Morgan fingerprint density at radius 1 is 1.46 bits per heavy atom. The van der Waals surface area contributed by atoms with E-state index in [9.17, 15) is 5.11 Å². The van der Waals surface area contributed by atoms with Crippen LogP contribution in [-0.2, 0) is 0 Å². The van der Waals surface area contributed by atoms with Crippen LogP contribution in [0.5, 0.6) is 11.5 Å². The Balaban J connectivity index is 2.06. The van der Waals surface area contributed by atoms with E-state index in [1.807, 2.05) is 17.5 Å². The summed E-state index contributed by atoms with van der Waals surface area (Å²) in [6, 6.07) is 7.14. The summed E-state index contributed by atoms with van der Waals surface area (Å²) in [5.74, 6) is 1.10. The average Bonchev–Trinajstić information content (AvgIpc) is 3.30. The summed E-state index contributed by atoms with van der Waals surface area (Å²) >= 11 is 4.77. The number of aromatic hydroxyl groups is 1. The maximum Gasteiger partial charge on any atom is 0.206 e. The van der Waals surface area contributed by atoms with Crippen molar-refractivity contribution in [3.05, 3.63) is 63.4 Å². The van der Waals surface area contributed by atoms with Crippen molar-refractivity contribution in [1.82, 2.24) is 4.68 Å². The molecule has 0 radical (unpaired) electrons. The van der Waals surface area contributed by atoms with E-state index in [0.717, 1.165) is 16.1 Å². The van der Waals surface area contributed by atoms with E-state index in [1.165, 1.54) is 18.4 Å². The number of nitrogens with zero attached hydrogens (tertiary/aromatic N) is 3. The first-order chi connectivity index (χ1) is 12.6. The molecule has 0 saturated heterocycles. The zero-order valence-corrected chi connectivity index (χ0v) is 16.3. The smallest absolute Gasteiger partial charge is 0.206 e. The standard InChI is InChI=1S/C18H16BrN3O3S/c1-3-6-20-18-22(14(11-26-18)15-5-4-7-25-15)21-10-12-8-13(19)17(23)16(9-12)24-2/h3-5,7-11,23H,1,6H2,2H3. The summed E-state index contributed by atoms with van der Waals surface area (Å²) in [5, 5.41) is 16.4. The molecule has 0 fully saturated rings. The van der Waals surface area contributed by atoms with Crippen molar-refractivity contribution in [2.24, 2.45) is 10.1 Å². The lowest BCUT2D eigenvalue weighted by Gasteiger charge is -2.06. The van der Waals surface area contributed by atoms with Gasteiger partial charge in [-0.3, -0.25) is 4.99 Å². The van der Waals surface area contributed by atoms with Crippen molar-refractivity contribution in [3.8, 4) is 23.0 Å². The predicted molar refractivity (Wildman–Crippen MR) is 106 cm³/mol. The lowest BCUT2D eigenvalue weighted by Crippen LogP contribution is -2.12. The van der Waals surface area contributed by atoms with Crippen molar-refractivity contribution < 1.29 is 14.3 Å². The number of thiazole rings is 1. The van der Waals surface area contributed by atoms with Crippen LogP contribution in [0.2, 0.25) is 0 Å². The van der Waals surface area contributed by atoms with Gasteiger partial charge in [0.05, 0.1) is 30.6 Å². The van der Waals surface area contributed by atoms with E-state index in [1.54, 1.807) is 35.4 Å². The average molecular weight is 434 g/mol. The van der Waals surface area contributed by atoms with Crippen LogP contribution in [0, 0.1) is 0 Å². The molecule has 3 aromatic rings. The molecule has 3 rings (SSSR count). The number of halogens is 1. The molecule has 0 aliphatic rings. The Morgan fingerprint density at radius 3 is 3.00 bits per heavy atom. The molecule has 134 valence electrons. The summed E-state index contributed by atoms with van der Waals surface area (Å²) < 4.78 is 12.9. The fourth-order valence-electron chi connectivity index (χ4n) is 2.20. The molecule has 0 aliphatic heterocycles. The van der Waals surface area contributed by atoms with Gasteiger partial charge in [0.2, 0.25) is 4.80 Å². The maximum absolute atomic E-state index is 9.93. The van der Waals surface area contributed by atoms with E-state index >= 15 is 0 Å². The highest BCUT2D eigenvalue weighted by Gasteiger charge is 2.11. The van der Waals surface area contributed by atoms with Crippen molar-refractivity contribution in [2.45, 2.75) is 0 Å². The molecule has 26 heavy (non-hydrogen) atoms. The third kappa shape index (κ3) is 3.81. The zero-order chi connectivity index (χ0) is 18.5. The second kappa shape index (κ2) is 8.20. The van der Waals surface area contributed by atoms with Crippen LogP contribution in [0.1, 0.15) is 5.56 Å². The molecule has 0 aliphatic carbocycles. The van der Waals surface area contributed by atoms with Crippen molar-refractivity contribution in [1.29, 1.82) is 0 Å². The molecular formula is C18H16BrN3O3S. The Bertz CT molecular complexity index is 1000. The molecule has 0 spiro atoms. The third-order valence-electron chi connectivity index (χ3n) is 3.41. The molecule has 0 amide bonds. The summed E-state index contributed by atoms with van der Waals surface area (Å²) in [6.07, 6.45) is 5.00. The van der Waals surface area contributed by atoms with Gasteiger partial charge in [0, 0.05) is 5.38 Å². The van der Waals surface area contributed by atoms with Crippen molar-refractivity contribution in [3.63, 3.8) is 0 Å². The molecule has 0 atom stereocenters. The number of methoxy groups -OCH3 is 1. The Morgan fingerprint density at radius 2 is 2.31 bits per heavy atom. The topological polar surface area (TPSA) is 72.2 Å². The zero-order valence-electron chi connectivity index (χ0n) is 13.9. The molecule has 1 N–H and O–H groups in total. The van der Waals surface area contributed by atoms with E-state index in [-0.39, 0.29) is 5.75 Å². The number of phenolic OH excluding ortho intramolecular Hbond substituents is 1. The van der Waals surface area contributed by atoms with Crippen LogP contribution < -0.4 is 9.54 Å². The van der Waals surface area contributed by atoms with Crippen LogP contribution in [-0.4, -0.2) is 29.7 Å². The molecule has 1 aromatic carbocycles. The van der Waals surface area contributed by atoms with Gasteiger partial charge in [-0.1, -0.05) is 6.08 Å². The summed E-state index contributed by atoms with van der Waals surface area (Å²) in [4.78, 5) is 5.19. The summed E-state index contributed by atoms with van der Waals surface area (Å²) in [6.45, 7) is 4.19. The maximum atomic E-state index is 9.93. The van der Waals surface area contributed by atoms with E-state index < -0.39 is 0 Å². The summed E-state index contributed by atoms with van der Waals surface area (Å²) in [5.41, 5.74) is 1.55. The number of rotatable bonds is 6. The molecule has 2 aromatic heterocycles. The predicted octanol–water partition coefficient (Wildman–Crippen LogP) is 4.26. The first-order valence-electron chi connectivity index (χ1n) is 7.60. The fraction of sp³-hybridized carbons (Fsp3) is 0.111. The minimum atomic E-state index is 0.0470. The SMILES string of the molecule is C=CCN=c1scc(-c2ccco2)n1N=Cc1cc(Br)c(O)c(OC)c1. The number of ether oxygens (including phenoxy) is 1. The largest absolute Gasteiger partial charge is 0.503 e.